The number of methoxy groups -OCH3 is 1. The Balaban J connectivity index is 2.26. The molecule has 2 aromatic heterocycles. The molecule has 0 unspecified atom stereocenters. The number of hydrogen-bond donors (Lipinski definition) is 1. The van der Waals surface area contributed by atoms with Crippen LogP contribution in [0.15, 0.2) is 18.3 Å². The number of rotatable bonds is 6. The molecule has 0 saturated carbocycles. The Morgan fingerprint density at radius 1 is 1.47 bits per heavy atom. The van der Waals surface area contributed by atoms with Crippen LogP contribution in [0.4, 0.5) is 0 Å². The van der Waals surface area contributed by atoms with Crippen molar-refractivity contribution in [3.63, 3.8) is 0 Å². The molecular weight excluding hydrogens is 246 g/mol. The molecule has 0 saturated heterocycles. The first kappa shape index (κ1) is 13.5. The van der Waals surface area contributed by atoms with Crippen molar-refractivity contribution in [1.82, 2.24) is 9.38 Å². The van der Waals surface area contributed by atoms with Crippen LogP contribution in [-0.4, -0.2) is 35.6 Å². The molecular formula is C13H17N3O3. The van der Waals surface area contributed by atoms with Gasteiger partial charge in [0.15, 0.2) is 0 Å². The standard InChI is InChI=1S/C13H17N3O3/c1-9-7-10(8-19-6-5-18-2)15-13-11(12(14)17)3-4-16(9)13/h3-4,7H,5-6,8H2,1-2H3,(H2,14,17). The highest BCUT2D eigenvalue weighted by molar-refractivity contribution is 5.99. The monoisotopic (exact) mass is 263 g/mol. The van der Waals surface area contributed by atoms with E-state index in [1.165, 1.54) is 0 Å². The fourth-order valence-corrected chi connectivity index (χ4v) is 1.89. The first-order valence-corrected chi connectivity index (χ1v) is 5.97. The molecule has 102 valence electrons. The molecule has 2 aromatic rings. The summed E-state index contributed by atoms with van der Waals surface area (Å²) in [5, 5.41) is 0. The zero-order valence-electron chi connectivity index (χ0n) is 11.0. The molecule has 0 aliphatic carbocycles. The second-order valence-corrected chi connectivity index (χ2v) is 4.22. The lowest BCUT2D eigenvalue weighted by Crippen LogP contribution is -2.12. The van der Waals surface area contributed by atoms with Gasteiger partial charge in [0, 0.05) is 19.0 Å². The molecule has 0 spiro atoms. The van der Waals surface area contributed by atoms with Crippen molar-refractivity contribution in [1.29, 1.82) is 0 Å². The van der Waals surface area contributed by atoms with Gasteiger partial charge in [-0.15, -0.1) is 0 Å². The van der Waals surface area contributed by atoms with Crippen LogP contribution in [0.2, 0.25) is 0 Å². The van der Waals surface area contributed by atoms with Crippen LogP contribution in [0.25, 0.3) is 5.65 Å². The number of hydrogen-bond acceptors (Lipinski definition) is 4. The molecule has 6 nitrogen and oxygen atoms in total. The van der Waals surface area contributed by atoms with Crippen molar-refractivity contribution in [2.24, 2.45) is 5.73 Å². The van der Waals surface area contributed by atoms with Crippen LogP contribution in [-0.2, 0) is 16.1 Å². The number of aryl methyl sites for hydroxylation is 1. The minimum absolute atomic E-state index is 0.379. The summed E-state index contributed by atoms with van der Waals surface area (Å²) in [6.45, 7) is 3.37. The van der Waals surface area contributed by atoms with Gasteiger partial charge in [-0.1, -0.05) is 0 Å². The van der Waals surface area contributed by atoms with E-state index in [1.807, 2.05) is 17.4 Å². The number of carbonyl (C=O) groups excluding carboxylic acids is 1. The highest BCUT2D eigenvalue weighted by Gasteiger charge is 2.11. The maximum Gasteiger partial charge on any atom is 0.252 e. The molecule has 0 fully saturated rings. The fraction of sp³-hybridized carbons (Fsp3) is 0.385. The van der Waals surface area contributed by atoms with Gasteiger partial charge in [0.2, 0.25) is 0 Å². The maximum atomic E-state index is 11.3. The zero-order valence-corrected chi connectivity index (χ0v) is 11.0. The Bertz CT molecular complexity index is 592. The van der Waals surface area contributed by atoms with Gasteiger partial charge in [-0.05, 0) is 19.1 Å². The van der Waals surface area contributed by atoms with E-state index in [9.17, 15) is 4.79 Å². The molecule has 0 aliphatic rings. The van der Waals surface area contributed by atoms with Gasteiger partial charge in [0.1, 0.15) is 5.65 Å². The lowest BCUT2D eigenvalue weighted by atomic mass is 10.3. The molecule has 2 heterocycles. The van der Waals surface area contributed by atoms with Crippen molar-refractivity contribution in [2.45, 2.75) is 13.5 Å². The summed E-state index contributed by atoms with van der Waals surface area (Å²) in [5.74, 6) is -0.480. The van der Waals surface area contributed by atoms with E-state index in [1.54, 1.807) is 19.4 Å². The largest absolute Gasteiger partial charge is 0.382 e. The molecule has 6 heteroatoms. The Morgan fingerprint density at radius 3 is 2.95 bits per heavy atom. The summed E-state index contributed by atoms with van der Waals surface area (Å²) < 4.78 is 12.2. The van der Waals surface area contributed by atoms with Gasteiger partial charge in [-0.3, -0.25) is 4.79 Å². The van der Waals surface area contributed by atoms with Crippen molar-refractivity contribution in [2.75, 3.05) is 20.3 Å². The molecule has 0 aliphatic heterocycles. The van der Waals surface area contributed by atoms with E-state index in [0.717, 1.165) is 11.4 Å². The van der Waals surface area contributed by atoms with E-state index in [-0.39, 0.29) is 0 Å². The van der Waals surface area contributed by atoms with Crippen LogP contribution in [0.1, 0.15) is 21.7 Å². The molecule has 2 rings (SSSR count). The Kier molecular flexibility index (Phi) is 4.13. The number of fused-ring (bicyclic) bond motifs is 1. The number of amides is 1. The molecule has 0 radical (unpaired) electrons. The number of primary amides is 1. The number of carbonyl (C=O) groups is 1. The van der Waals surface area contributed by atoms with Gasteiger partial charge in [0.05, 0.1) is 31.1 Å². The van der Waals surface area contributed by atoms with Gasteiger partial charge in [-0.2, -0.15) is 0 Å². The number of nitrogens with two attached hydrogens (primary N) is 1. The van der Waals surface area contributed by atoms with Crippen molar-refractivity contribution >= 4 is 11.6 Å². The third kappa shape index (κ3) is 2.91. The van der Waals surface area contributed by atoms with Crippen LogP contribution in [0.3, 0.4) is 0 Å². The van der Waals surface area contributed by atoms with E-state index >= 15 is 0 Å². The highest BCUT2D eigenvalue weighted by Crippen LogP contribution is 2.14. The predicted octanol–water partition coefficient (Wildman–Crippen LogP) is 0.905. The summed E-state index contributed by atoms with van der Waals surface area (Å²) in [6, 6.07) is 3.60. The normalized spacial score (nSPS) is 11.1. The van der Waals surface area contributed by atoms with Gasteiger partial charge in [-0.25, -0.2) is 4.98 Å². The molecule has 0 atom stereocenters. The molecule has 1 amide bonds. The second-order valence-electron chi connectivity index (χ2n) is 4.22. The van der Waals surface area contributed by atoms with E-state index < -0.39 is 5.91 Å². The SMILES string of the molecule is COCCOCc1cc(C)n2ccc(C(N)=O)c2n1. The average Bonchev–Trinajstić information content (AvgIpc) is 2.79. The molecule has 0 bridgehead atoms. The van der Waals surface area contributed by atoms with Crippen LogP contribution in [0.5, 0.6) is 0 Å². The van der Waals surface area contributed by atoms with Crippen molar-refractivity contribution < 1.29 is 14.3 Å². The minimum atomic E-state index is -0.480. The lowest BCUT2D eigenvalue weighted by molar-refractivity contribution is 0.0602. The van der Waals surface area contributed by atoms with Crippen LogP contribution >= 0.6 is 0 Å². The molecule has 19 heavy (non-hydrogen) atoms. The highest BCUT2D eigenvalue weighted by atomic mass is 16.5. The smallest absolute Gasteiger partial charge is 0.252 e. The predicted molar refractivity (Wildman–Crippen MR) is 70.0 cm³/mol. The minimum Gasteiger partial charge on any atom is -0.382 e. The van der Waals surface area contributed by atoms with Crippen LogP contribution < -0.4 is 5.73 Å². The van der Waals surface area contributed by atoms with E-state index in [2.05, 4.69) is 4.98 Å². The van der Waals surface area contributed by atoms with Crippen molar-refractivity contribution in [3.8, 4) is 0 Å². The summed E-state index contributed by atoms with van der Waals surface area (Å²) in [7, 11) is 1.62. The fourth-order valence-electron chi connectivity index (χ4n) is 1.89. The number of ether oxygens (including phenoxy) is 2. The summed E-state index contributed by atoms with van der Waals surface area (Å²) in [5.41, 5.74) is 8.05. The Labute approximate surface area is 111 Å². The Morgan fingerprint density at radius 2 is 2.26 bits per heavy atom. The van der Waals surface area contributed by atoms with Gasteiger partial charge >= 0.3 is 0 Å². The summed E-state index contributed by atoms with van der Waals surface area (Å²) in [6.07, 6.45) is 1.79. The van der Waals surface area contributed by atoms with Gasteiger partial charge < -0.3 is 19.6 Å². The van der Waals surface area contributed by atoms with E-state index in [4.69, 9.17) is 15.2 Å². The summed E-state index contributed by atoms with van der Waals surface area (Å²) >= 11 is 0. The van der Waals surface area contributed by atoms with Crippen LogP contribution in [0, 0.1) is 6.92 Å². The summed E-state index contributed by atoms with van der Waals surface area (Å²) in [4.78, 5) is 15.7. The van der Waals surface area contributed by atoms with Crippen molar-refractivity contribution in [3.05, 3.63) is 35.3 Å². The first-order valence-electron chi connectivity index (χ1n) is 5.97. The second kappa shape index (κ2) is 5.81. The zero-order chi connectivity index (χ0) is 13.8. The number of aromatic nitrogens is 2. The molecule has 2 N–H and O–H groups in total. The third-order valence-corrected chi connectivity index (χ3v) is 2.81. The van der Waals surface area contributed by atoms with Gasteiger partial charge in [0.25, 0.3) is 5.91 Å². The average molecular weight is 263 g/mol. The lowest BCUT2D eigenvalue weighted by Gasteiger charge is -2.07. The third-order valence-electron chi connectivity index (χ3n) is 2.81. The number of nitrogens with zero attached hydrogens (tertiary/aromatic N) is 2. The first-order chi connectivity index (χ1) is 9.13. The topological polar surface area (TPSA) is 78.9 Å². The maximum absolute atomic E-state index is 11.3. The Hall–Kier alpha value is -1.92. The quantitative estimate of drug-likeness (QED) is 0.785. The molecule has 0 aromatic carbocycles. The van der Waals surface area contributed by atoms with E-state index in [0.29, 0.717) is 31.0 Å².